The van der Waals surface area contributed by atoms with Gasteiger partial charge in [0.2, 0.25) is 11.8 Å². The van der Waals surface area contributed by atoms with Crippen molar-refractivity contribution in [2.24, 2.45) is 0 Å². The number of carbonyl (C=O) groups excluding carboxylic acids is 2. The lowest BCUT2D eigenvalue weighted by atomic mass is 9.98. The van der Waals surface area contributed by atoms with Crippen LogP contribution in [-0.2, 0) is 22.7 Å². The SMILES string of the molecule is Cc1cc(CN2CCC[C@H]2C(=O)NC(c2ccccc2)c2ccccc2)c(O)c(CN2CCC[C@H]2C(=O)NC(c2ccccc2)c2ccccc2)c1. The number of aromatic hydroxyl groups is 1. The fourth-order valence-corrected chi connectivity index (χ4v) is 8.01. The van der Waals surface area contributed by atoms with E-state index >= 15 is 0 Å². The molecule has 52 heavy (non-hydrogen) atoms. The Labute approximate surface area is 307 Å². The maximum absolute atomic E-state index is 13.9. The number of hydrogen-bond donors (Lipinski definition) is 3. The molecule has 2 atom stereocenters. The zero-order chi connectivity index (χ0) is 35.9. The summed E-state index contributed by atoms with van der Waals surface area (Å²) in [6, 6.07) is 43.3. The Balaban J connectivity index is 1.05. The van der Waals surface area contributed by atoms with Gasteiger partial charge < -0.3 is 15.7 Å². The van der Waals surface area contributed by atoms with Gasteiger partial charge in [0.25, 0.3) is 0 Å². The summed E-state index contributed by atoms with van der Waals surface area (Å²) in [7, 11) is 0. The highest BCUT2D eigenvalue weighted by Crippen LogP contribution is 2.33. The Morgan fingerprint density at radius 2 is 0.923 bits per heavy atom. The van der Waals surface area contributed by atoms with Gasteiger partial charge in [0.1, 0.15) is 5.75 Å². The minimum atomic E-state index is -0.299. The number of aryl methyl sites for hydroxylation is 1. The highest BCUT2D eigenvalue weighted by molar-refractivity contribution is 5.83. The molecule has 2 aliphatic heterocycles. The van der Waals surface area contributed by atoms with E-state index < -0.39 is 0 Å². The summed E-state index contributed by atoms with van der Waals surface area (Å²) in [5.74, 6) is 0.246. The van der Waals surface area contributed by atoms with E-state index in [4.69, 9.17) is 0 Å². The molecule has 0 spiro atoms. The van der Waals surface area contributed by atoms with E-state index in [0.29, 0.717) is 13.1 Å². The van der Waals surface area contributed by atoms with Crippen LogP contribution in [-0.4, -0.2) is 51.9 Å². The molecule has 2 aliphatic rings. The van der Waals surface area contributed by atoms with Gasteiger partial charge >= 0.3 is 0 Å². The van der Waals surface area contributed by atoms with Crippen molar-refractivity contribution in [3.63, 3.8) is 0 Å². The molecule has 2 amide bonds. The zero-order valence-electron chi connectivity index (χ0n) is 29.8. The first-order valence-electron chi connectivity index (χ1n) is 18.5. The molecule has 5 aromatic carbocycles. The number of amides is 2. The van der Waals surface area contributed by atoms with Gasteiger partial charge in [0.15, 0.2) is 0 Å². The molecule has 0 bridgehead atoms. The topological polar surface area (TPSA) is 84.9 Å². The standard InChI is InChI=1S/C45H48N4O3/c1-32-28-37(30-48-26-14-24-39(48)44(51)46-41(33-16-6-2-7-17-33)34-18-8-3-9-19-34)43(50)38(29-32)31-49-27-15-25-40(49)45(52)47-42(35-20-10-4-11-21-35)36-22-12-5-13-23-36/h2-13,16-23,28-29,39-42,50H,14-15,24-27,30-31H2,1H3,(H,46,51)(H,47,52)/t39-,40-/m0/s1. The van der Waals surface area contributed by atoms with Crippen LogP contribution in [0, 0.1) is 6.92 Å². The van der Waals surface area contributed by atoms with E-state index in [0.717, 1.165) is 77.7 Å². The van der Waals surface area contributed by atoms with Crippen molar-refractivity contribution in [1.82, 2.24) is 20.4 Å². The highest BCUT2D eigenvalue weighted by atomic mass is 16.3. The number of nitrogens with one attached hydrogen (secondary N) is 2. The Hall–Kier alpha value is -5.24. The van der Waals surface area contributed by atoms with Crippen LogP contribution in [0.15, 0.2) is 133 Å². The summed E-state index contributed by atoms with van der Waals surface area (Å²) in [6.45, 7) is 4.55. The first-order chi connectivity index (χ1) is 25.4. The maximum Gasteiger partial charge on any atom is 0.238 e. The minimum absolute atomic E-state index is 0.00203. The van der Waals surface area contributed by atoms with Gasteiger partial charge in [0, 0.05) is 24.2 Å². The van der Waals surface area contributed by atoms with Gasteiger partial charge in [-0.3, -0.25) is 19.4 Å². The lowest BCUT2D eigenvalue weighted by Crippen LogP contribution is -2.44. The van der Waals surface area contributed by atoms with Gasteiger partial charge in [-0.25, -0.2) is 0 Å². The van der Waals surface area contributed by atoms with Gasteiger partial charge in [-0.1, -0.05) is 139 Å². The molecule has 7 rings (SSSR count). The molecule has 0 radical (unpaired) electrons. The molecule has 3 N–H and O–H groups in total. The molecule has 2 saturated heterocycles. The second kappa shape index (κ2) is 16.4. The minimum Gasteiger partial charge on any atom is -0.507 e. The lowest BCUT2D eigenvalue weighted by molar-refractivity contribution is -0.126. The van der Waals surface area contributed by atoms with E-state index in [1.807, 2.05) is 91.9 Å². The van der Waals surface area contributed by atoms with Crippen LogP contribution >= 0.6 is 0 Å². The fourth-order valence-electron chi connectivity index (χ4n) is 8.01. The third-order valence-corrected chi connectivity index (χ3v) is 10.6. The Morgan fingerprint density at radius 1 is 0.596 bits per heavy atom. The number of benzene rings is 5. The van der Waals surface area contributed by atoms with Crippen LogP contribution in [0.3, 0.4) is 0 Å². The van der Waals surface area contributed by atoms with Crippen molar-refractivity contribution < 1.29 is 14.7 Å². The second-order valence-corrected chi connectivity index (χ2v) is 14.2. The van der Waals surface area contributed by atoms with Gasteiger partial charge in [-0.05, 0) is 68.0 Å². The first kappa shape index (κ1) is 35.2. The van der Waals surface area contributed by atoms with E-state index in [2.05, 4.69) is 69.0 Å². The predicted molar refractivity (Wildman–Crippen MR) is 205 cm³/mol. The Kier molecular flexibility index (Phi) is 11.1. The van der Waals surface area contributed by atoms with E-state index in [9.17, 15) is 14.7 Å². The molecule has 5 aromatic rings. The molecule has 0 aromatic heterocycles. The van der Waals surface area contributed by atoms with Crippen molar-refractivity contribution in [2.45, 2.75) is 69.9 Å². The number of phenolic OH excluding ortho intramolecular Hbond substituents is 1. The van der Waals surface area contributed by atoms with Crippen molar-refractivity contribution in [1.29, 1.82) is 0 Å². The predicted octanol–water partition coefficient (Wildman–Crippen LogP) is 7.44. The molecule has 7 nitrogen and oxygen atoms in total. The number of rotatable bonds is 12. The second-order valence-electron chi connectivity index (χ2n) is 14.2. The van der Waals surface area contributed by atoms with Crippen LogP contribution in [0.1, 0.15) is 76.7 Å². The number of phenols is 1. The van der Waals surface area contributed by atoms with Crippen molar-refractivity contribution >= 4 is 11.8 Å². The van der Waals surface area contributed by atoms with Gasteiger partial charge in [-0.2, -0.15) is 0 Å². The molecule has 7 heteroatoms. The van der Waals surface area contributed by atoms with E-state index in [1.165, 1.54) is 0 Å². The third kappa shape index (κ3) is 8.12. The van der Waals surface area contributed by atoms with E-state index in [1.54, 1.807) is 0 Å². The lowest BCUT2D eigenvalue weighted by Gasteiger charge is -2.29. The molecule has 2 fully saturated rings. The molecule has 0 unspecified atom stereocenters. The largest absolute Gasteiger partial charge is 0.507 e. The van der Waals surface area contributed by atoms with Crippen LogP contribution in [0.25, 0.3) is 0 Å². The summed E-state index contributed by atoms with van der Waals surface area (Å²) in [5.41, 5.74) is 6.82. The van der Waals surface area contributed by atoms with Crippen LogP contribution in [0.4, 0.5) is 0 Å². The van der Waals surface area contributed by atoms with Crippen LogP contribution < -0.4 is 10.6 Å². The first-order valence-corrected chi connectivity index (χ1v) is 18.5. The summed E-state index contributed by atoms with van der Waals surface area (Å²) in [6.07, 6.45) is 3.35. The Morgan fingerprint density at radius 3 is 1.25 bits per heavy atom. The zero-order valence-corrected chi connectivity index (χ0v) is 29.8. The third-order valence-electron chi connectivity index (χ3n) is 10.6. The monoisotopic (exact) mass is 692 g/mol. The highest BCUT2D eigenvalue weighted by Gasteiger charge is 2.35. The smallest absolute Gasteiger partial charge is 0.238 e. The summed E-state index contributed by atoms with van der Waals surface area (Å²) in [5, 5.41) is 18.4. The molecular weight excluding hydrogens is 645 g/mol. The number of carbonyl (C=O) groups is 2. The fraction of sp³-hybridized carbons (Fsp3) is 0.289. The maximum atomic E-state index is 13.9. The Bertz CT molecular complexity index is 1720. The molecular formula is C45H48N4O3. The normalized spacial score (nSPS) is 17.8. The van der Waals surface area contributed by atoms with E-state index in [-0.39, 0.29) is 41.7 Å². The summed E-state index contributed by atoms with van der Waals surface area (Å²) in [4.78, 5) is 32.3. The number of hydrogen-bond acceptors (Lipinski definition) is 5. The van der Waals surface area contributed by atoms with Gasteiger partial charge in [0.05, 0.1) is 24.2 Å². The molecule has 266 valence electrons. The van der Waals surface area contributed by atoms with Crippen molar-refractivity contribution in [3.05, 3.63) is 172 Å². The average molecular weight is 693 g/mol. The quantitative estimate of drug-likeness (QED) is 0.127. The average Bonchev–Trinajstić information content (AvgIpc) is 3.86. The summed E-state index contributed by atoms with van der Waals surface area (Å²) >= 11 is 0. The molecule has 0 aliphatic carbocycles. The van der Waals surface area contributed by atoms with Crippen LogP contribution in [0.2, 0.25) is 0 Å². The van der Waals surface area contributed by atoms with Gasteiger partial charge in [-0.15, -0.1) is 0 Å². The number of likely N-dealkylation sites (tertiary alicyclic amines) is 2. The van der Waals surface area contributed by atoms with Crippen molar-refractivity contribution in [3.8, 4) is 5.75 Å². The number of nitrogens with zero attached hydrogens (tertiary/aromatic N) is 2. The van der Waals surface area contributed by atoms with Crippen molar-refractivity contribution in [2.75, 3.05) is 13.1 Å². The molecule has 2 heterocycles. The summed E-state index contributed by atoms with van der Waals surface area (Å²) < 4.78 is 0. The molecule has 0 saturated carbocycles. The van der Waals surface area contributed by atoms with Crippen LogP contribution in [0.5, 0.6) is 5.75 Å².